The van der Waals surface area contributed by atoms with Crippen molar-refractivity contribution >= 4 is 28.9 Å². The van der Waals surface area contributed by atoms with Gasteiger partial charge in [0, 0.05) is 25.6 Å². The molecule has 3 aromatic carbocycles. The standard InChI is InChI=1S/C35H38N8O5/c1-2-36-33(46)30-28(44)29(45)34(48-30)43-21-40-27-31(37-19-25(23-14-8-4-9-15-23)24-16-10-5-11-17-24)41-26(42-32(27)43)20-39-35(47)38-18-22-12-6-3-7-13-22/h3-17,21,25,28-30,34,44-45H,2,18-20H2,1H3,(H,36,46)(H,37,41,42)(H2,38,39,47). The first-order valence-corrected chi connectivity index (χ1v) is 15.8. The maximum atomic E-state index is 12.7. The van der Waals surface area contributed by atoms with Gasteiger partial charge in [0.05, 0.1) is 12.9 Å². The van der Waals surface area contributed by atoms with Crippen LogP contribution in [0, 0.1) is 0 Å². The van der Waals surface area contributed by atoms with E-state index in [2.05, 4.69) is 55.5 Å². The van der Waals surface area contributed by atoms with E-state index in [-0.39, 0.29) is 23.9 Å². The highest BCUT2D eigenvalue weighted by atomic mass is 16.6. The van der Waals surface area contributed by atoms with E-state index in [1.54, 1.807) is 6.92 Å². The number of aliphatic hydroxyl groups is 2. The molecule has 6 N–H and O–H groups in total. The first-order chi connectivity index (χ1) is 23.4. The number of rotatable bonds is 12. The summed E-state index contributed by atoms with van der Waals surface area (Å²) in [5.74, 6) is 0.112. The molecule has 48 heavy (non-hydrogen) atoms. The zero-order chi connectivity index (χ0) is 33.5. The number of anilines is 1. The van der Waals surface area contributed by atoms with Gasteiger partial charge in [-0.1, -0.05) is 91.0 Å². The van der Waals surface area contributed by atoms with Gasteiger partial charge in [0.25, 0.3) is 5.91 Å². The van der Waals surface area contributed by atoms with E-state index < -0.39 is 36.5 Å². The molecule has 3 heterocycles. The van der Waals surface area contributed by atoms with Gasteiger partial charge in [-0.3, -0.25) is 9.36 Å². The Bertz CT molecular complexity index is 1780. The Balaban J connectivity index is 1.29. The summed E-state index contributed by atoms with van der Waals surface area (Å²) in [6, 6.07) is 29.4. The minimum atomic E-state index is -1.47. The number of nitrogens with one attached hydrogen (secondary N) is 4. The number of carbonyl (C=O) groups excluding carboxylic acids is 2. The van der Waals surface area contributed by atoms with E-state index in [0.717, 1.165) is 16.7 Å². The number of aromatic nitrogens is 4. The van der Waals surface area contributed by atoms with Gasteiger partial charge in [0.2, 0.25) is 0 Å². The smallest absolute Gasteiger partial charge is 0.315 e. The largest absolute Gasteiger partial charge is 0.387 e. The fourth-order valence-electron chi connectivity index (χ4n) is 5.73. The topological polar surface area (TPSA) is 176 Å². The zero-order valence-corrected chi connectivity index (χ0v) is 26.4. The third-order valence-corrected chi connectivity index (χ3v) is 8.17. The third-order valence-electron chi connectivity index (χ3n) is 8.17. The lowest BCUT2D eigenvalue weighted by Crippen LogP contribution is -2.42. The summed E-state index contributed by atoms with van der Waals surface area (Å²) in [7, 11) is 0. The number of hydrogen-bond acceptors (Lipinski definition) is 9. The van der Waals surface area contributed by atoms with Gasteiger partial charge >= 0.3 is 6.03 Å². The minimum Gasteiger partial charge on any atom is -0.387 e. The molecule has 248 valence electrons. The van der Waals surface area contributed by atoms with E-state index in [1.165, 1.54) is 10.9 Å². The molecule has 1 aliphatic heterocycles. The molecule has 4 unspecified atom stereocenters. The Labute approximate surface area is 277 Å². The van der Waals surface area contributed by atoms with Crippen LogP contribution in [0.4, 0.5) is 10.6 Å². The molecule has 2 aromatic heterocycles. The fraction of sp³-hybridized carbons (Fsp3) is 0.286. The SMILES string of the molecule is CCNC(=O)C1OC(n2cnc3c(NCC(c4ccccc4)c4ccccc4)nc(CNC(=O)NCc4ccccc4)nc32)C(O)C1O. The highest BCUT2D eigenvalue weighted by Crippen LogP contribution is 2.33. The van der Waals surface area contributed by atoms with E-state index in [9.17, 15) is 19.8 Å². The average molecular weight is 651 g/mol. The number of benzene rings is 3. The second kappa shape index (κ2) is 15.0. The Hall–Kier alpha value is -5.37. The van der Waals surface area contributed by atoms with Crippen LogP contribution in [0.5, 0.6) is 0 Å². The molecule has 0 radical (unpaired) electrons. The minimum absolute atomic E-state index is 0.0184. The van der Waals surface area contributed by atoms with Crippen molar-refractivity contribution in [2.45, 2.75) is 50.5 Å². The Morgan fingerprint density at radius 3 is 2.10 bits per heavy atom. The monoisotopic (exact) mass is 650 g/mol. The van der Waals surface area contributed by atoms with E-state index in [1.807, 2.05) is 66.7 Å². The second-order valence-electron chi connectivity index (χ2n) is 11.4. The summed E-state index contributed by atoms with van der Waals surface area (Å²) in [6.45, 7) is 2.87. The van der Waals surface area contributed by atoms with Crippen molar-refractivity contribution in [3.8, 4) is 0 Å². The lowest BCUT2D eigenvalue weighted by molar-refractivity contribution is -0.137. The van der Waals surface area contributed by atoms with Gasteiger partial charge in [-0.15, -0.1) is 0 Å². The number of nitrogens with zero attached hydrogens (tertiary/aromatic N) is 4. The average Bonchev–Trinajstić information content (AvgIpc) is 3.67. The summed E-state index contributed by atoms with van der Waals surface area (Å²) >= 11 is 0. The molecule has 0 saturated carbocycles. The van der Waals surface area contributed by atoms with Crippen molar-refractivity contribution in [1.29, 1.82) is 0 Å². The highest BCUT2D eigenvalue weighted by molar-refractivity contribution is 5.84. The normalized spacial score (nSPS) is 18.9. The van der Waals surface area contributed by atoms with Crippen LogP contribution in [0.15, 0.2) is 97.3 Å². The third kappa shape index (κ3) is 7.28. The van der Waals surface area contributed by atoms with Gasteiger partial charge in [0.15, 0.2) is 35.1 Å². The van der Waals surface area contributed by atoms with Crippen LogP contribution in [0.2, 0.25) is 0 Å². The summed E-state index contributed by atoms with van der Waals surface area (Å²) in [5, 5.41) is 33.3. The maximum absolute atomic E-state index is 12.7. The van der Waals surface area contributed by atoms with Gasteiger partial charge in [0.1, 0.15) is 12.2 Å². The van der Waals surface area contributed by atoms with Gasteiger partial charge in [-0.05, 0) is 23.6 Å². The van der Waals surface area contributed by atoms with Gasteiger partial charge in [-0.25, -0.2) is 19.7 Å². The Morgan fingerprint density at radius 1 is 0.833 bits per heavy atom. The first kappa shape index (κ1) is 32.6. The molecule has 0 aliphatic carbocycles. The number of urea groups is 1. The Morgan fingerprint density at radius 2 is 1.46 bits per heavy atom. The molecule has 5 aromatic rings. The number of likely N-dealkylation sites (N-methyl/N-ethyl adjacent to an activating group) is 1. The van der Waals surface area contributed by atoms with Crippen molar-refractivity contribution in [1.82, 2.24) is 35.5 Å². The van der Waals surface area contributed by atoms with Crippen molar-refractivity contribution in [3.05, 3.63) is 120 Å². The maximum Gasteiger partial charge on any atom is 0.315 e. The molecule has 1 aliphatic rings. The van der Waals surface area contributed by atoms with Crippen LogP contribution < -0.4 is 21.3 Å². The van der Waals surface area contributed by atoms with Gasteiger partial charge < -0.3 is 36.2 Å². The van der Waals surface area contributed by atoms with Crippen LogP contribution in [0.25, 0.3) is 11.2 Å². The molecular weight excluding hydrogens is 612 g/mol. The predicted molar refractivity (Wildman–Crippen MR) is 179 cm³/mol. The molecule has 13 heteroatoms. The van der Waals surface area contributed by atoms with Crippen LogP contribution in [-0.4, -0.2) is 73.1 Å². The Kier molecular flexibility index (Phi) is 10.2. The molecule has 13 nitrogen and oxygen atoms in total. The molecule has 6 rings (SSSR count). The number of fused-ring (bicyclic) bond motifs is 1. The first-order valence-electron chi connectivity index (χ1n) is 15.8. The lowest BCUT2D eigenvalue weighted by Gasteiger charge is -2.20. The number of ether oxygens (including phenoxy) is 1. The molecule has 1 fully saturated rings. The summed E-state index contributed by atoms with van der Waals surface area (Å²) < 4.78 is 7.34. The second-order valence-corrected chi connectivity index (χ2v) is 11.4. The lowest BCUT2D eigenvalue weighted by atomic mass is 9.91. The van der Waals surface area contributed by atoms with Crippen molar-refractivity contribution < 1.29 is 24.5 Å². The van der Waals surface area contributed by atoms with Crippen LogP contribution in [-0.2, 0) is 22.6 Å². The number of imidazole rings is 1. The molecule has 0 bridgehead atoms. The quantitative estimate of drug-likeness (QED) is 0.119. The number of aliphatic hydroxyl groups excluding tert-OH is 2. The number of carbonyl (C=O) groups is 2. The van der Waals surface area contributed by atoms with Crippen LogP contribution in [0.1, 0.15) is 41.6 Å². The fourth-order valence-corrected chi connectivity index (χ4v) is 5.73. The van der Waals surface area contributed by atoms with Gasteiger partial charge in [-0.2, -0.15) is 0 Å². The number of hydrogen-bond donors (Lipinski definition) is 6. The predicted octanol–water partition coefficient (Wildman–Crippen LogP) is 2.83. The van der Waals surface area contributed by atoms with Crippen molar-refractivity contribution in [2.24, 2.45) is 0 Å². The molecule has 4 atom stereocenters. The van der Waals surface area contributed by atoms with Crippen molar-refractivity contribution in [3.63, 3.8) is 0 Å². The van der Waals surface area contributed by atoms with E-state index >= 15 is 0 Å². The van der Waals surface area contributed by atoms with E-state index in [4.69, 9.17) is 9.72 Å². The molecule has 0 spiro atoms. The van der Waals surface area contributed by atoms with Crippen molar-refractivity contribution in [2.75, 3.05) is 18.4 Å². The highest BCUT2D eigenvalue weighted by Gasteiger charge is 2.47. The van der Waals surface area contributed by atoms with Crippen LogP contribution in [0.3, 0.4) is 0 Å². The zero-order valence-electron chi connectivity index (χ0n) is 26.4. The summed E-state index contributed by atoms with van der Waals surface area (Å²) in [6.07, 6.45) is -3.91. The molecular formula is C35H38N8O5. The van der Waals surface area contributed by atoms with Crippen LogP contribution >= 0.6 is 0 Å². The van der Waals surface area contributed by atoms with E-state index in [0.29, 0.717) is 31.0 Å². The molecule has 1 saturated heterocycles. The summed E-state index contributed by atoms with van der Waals surface area (Å²) in [5.41, 5.74) is 3.85. The molecule has 3 amide bonds. The summed E-state index contributed by atoms with van der Waals surface area (Å²) in [4.78, 5) is 39.2. The number of amides is 3.